The minimum absolute atomic E-state index is 0. The van der Waals surface area contributed by atoms with Crippen molar-refractivity contribution in [3.05, 3.63) is 33.3 Å². The SMILES string of the molecule is C.C.O=C(NCC1CCCCCCC1)c1cc(Br)ccc1Cl. The third-order valence-corrected chi connectivity index (χ3v) is 4.77. The molecule has 1 aliphatic carbocycles. The lowest BCUT2D eigenvalue weighted by Gasteiger charge is -2.20. The van der Waals surface area contributed by atoms with Crippen molar-refractivity contribution in [2.45, 2.75) is 59.8 Å². The fraction of sp³-hybridized carbons (Fsp3) is 0.611. The summed E-state index contributed by atoms with van der Waals surface area (Å²) in [6.45, 7) is 0.766. The maximum Gasteiger partial charge on any atom is 0.252 e. The standard InChI is InChI=1S/C16H21BrClNO.2CH4/c17-13-8-9-15(18)14(10-13)16(20)19-11-12-6-4-2-1-3-5-7-12;;/h8-10,12H,1-7,11H2,(H,19,20);2*1H4. The Morgan fingerprint density at radius 3 is 2.36 bits per heavy atom. The molecule has 1 aromatic rings. The molecule has 22 heavy (non-hydrogen) atoms. The molecule has 2 nitrogen and oxygen atoms in total. The van der Waals surface area contributed by atoms with Crippen molar-refractivity contribution in [3.63, 3.8) is 0 Å². The summed E-state index contributed by atoms with van der Waals surface area (Å²) >= 11 is 9.45. The third kappa shape index (κ3) is 6.70. The van der Waals surface area contributed by atoms with Gasteiger partial charge in [-0.2, -0.15) is 0 Å². The molecule has 0 spiro atoms. The van der Waals surface area contributed by atoms with Crippen molar-refractivity contribution >= 4 is 33.4 Å². The van der Waals surface area contributed by atoms with Crippen LogP contribution in [0.5, 0.6) is 0 Å². The fourth-order valence-electron chi connectivity index (χ4n) is 2.75. The predicted octanol–water partition coefficient (Wildman–Crippen LogP) is 6.47. The molecule has 4 heteroatoms. The molecule has 0 heterocycles. The van der Waals surface area contributed by atoms with E-state index in [0.29, 0.717) is 16.5 Å². The molecule has 1 fully saturated rings. The van der Waals surface area contributed by atoms with E-state index in [1.54, 1.807) is 12.1 Å². The summed E-state index contributed by atoms with van der Waals surface area (Å²) in [5.74, 6) is 0.545. The van der Waals surface area contributed by atoms with E-state index >= 15 is 0 Å². The minimum Gasteiger partial charge on any atom is -0.352 e. The highest BCUT2D eigenvalue weighted by atomic mass is 79.9. The number of hydrogen-bond donors (Lipinski definition) is 1. The van der Waals surface area contributed by atoms with Gasteiger partial charge in [0.25, 0.3) is 5.91 Å². The van der Waals surface area contributed by atoms with Gasteiger partial charge in [-0.25, -0.2) is 0 Å². The average molecular weight is 391 g/mol. The smallest absolute Gasteiger partial charge is 0.252 e. The van der Waals surface area contributed by atoms with E-state index < -0.39 is 0 Å². The van der Waals surface area contributed by atoms with Crippen LogP contribution >= 0.6 is 27.5 Å². The summed E-state index contributed by atoms with van der Waals surface area (Å²) in [7, 11) is 0. The summed E-state index contributed by atoms with van der Waals surface area (Å²) in [5.41, 5.74) is 0.548. The Morgan fingerprint density at radius 2 is 1.73 bits per heavy atom. The van der Waals surface area contributed by atoms with Gasteiger partial charge in [-0.3, -0.25) is 4.79 Å². The molecule has 1 aromatic carbocycles. The van der Waals surface area contributed by atoms with E-state index in [-0.39, 0.29) is 20.8 Å². The summed E-state index contributed by atoms with van der Waals surface area (Å²) < 4.78 is 0.873. The van der Waals surface area contributed by atoms with E-state index in [4.69, 9.17) is 11.6 Å². The number of nitrogens with one attached hydrogen (secondary N) is 1. The van der Waals surface area contributed by atoms with Gasteiger partial charge in [-0.05, 0) is 37.0 Å². The molecule has 0 bridgehead atoms. The second-order valence-electron chi connectivity index (χ2n) is 5.55. The largest absolute Gasteiger partial charge is 0.352 e. The molecular weight excluding hydrogens is 362 g/mol. The first-order valence-corrected chi connectivity index (χ1v) is 8.57. The minimum atomic E-state index is -0.0710. The van der Waals surface area contributed by atoms with Crippen molar-refractivity contribution in [1.29, 1.82) is 0 Å². The van der Waals surface area contributed by atoms with Gasteiger partial charge in [-0.15, -0.1) is 0 Å². The first kappa shape index (κ1) is 21.5. The van der Waals surface area contributed by atoms with Crippen LogP contribution in [0.3, 0.4) is 0 Å². The monoisotopic (exact) mass is 389 g/mol. The van der Waals surface area contributed by atoms with Crippen molar-refractivity contribution in [3.8, 4) is 0 Å². The second-order valence-corrected chi connectivity index (χ2v) is 6.87. The normalized spacial score (nSPS) is 15.7. The molecule has 1 aliphatic rings. The molecule has 0 aliphatic heterocycles. The Labute approximate surface area is 149 Å². The molecule has 1 amide bonds. The van der Waals surface area contributed by atoms with E-state index in [2.05, 4.69) is 21.2 Å². The average Bonchev–Trinajstić information content (AvgIpc) is 2.40. The van der Waals surface area contributed by atoms with Crippen LogP contribution in [0.4, 0.5) is 0 Å². The number of amides is 1. The summed E-state index contributed by atoms with van der Waals surface area (Å²) in [6, 6.07) is 5.36. The summed E-state index contributed by atoms with van der Waals surface area (Å²) in [5, 5.41) is 3.54. The van der Waals surface area contributed by atoms with Crippen LogP contribution in [-0.2, 0) is 0 Å². The van der Waals surface area contributed by atoms with E-state index in [1.807, 2.05) is 6.07 Å². The molecule has 0 aromatic heterocycles. The van der Waals surface area contributed by atoms with Crippen LogP contribution in [0.15, 0.2) is 22.7 Å². The first-order chi connectivity index (χ1) is 9.66. The lowest BCUT2D eigenvalue weighted by Crippen LogP contribution is -2.29. The molecule has 126 valence electrons. The van der Waals surface area contributed by atoms with Crippen LogP contribution in [-0.4, -0.2) is 12.5 Å². The number of hydrogen-bond acceptors (Lipinski definition) is 1. The Bertz CT molecular complexity index is 456. The number of benzene rings is 1. The molecule has 0 radical (unpaired) electrons. The van der Waals surface area contributed by atoms with Crippen molar-refractivity contribution < 1.29 is 4.79 Å². The quantitative estimate of drug-likeness (QED) is 0.630. The Morgan fingerprint density at radius 1 is 1.14 bits per heavy atom. The first-order valence-electron chi connectivity index (χ1n) is 7.40. The highest BCUT2D eigenvalue weighted by molar-refractivity contribution is 9.10. The molecule has 0 saturated heterocycles. The highest BCUT2D eigenvalue weighted by Crippen LogP contribution is 2.23. The third-order valence-electron chi connectivity index (χ3n) is 3.95. The molecule has 1 N–H and O–H groups in total. The molecule has 0 atom stereocenters. The van der Waals surface area contributed by atoms with Crippen LogP contribution in [0.25, 0.3) is 0 Å². The van der Waals surface area contributed by atoms with Gasteiger partial charge < -0.3 is 5.32 Å². The number of rotatable bonds is 3. The lowest BCUT2D eigenvalue weighted by atomic mass is 9.91. The zero-order valence-corrected chi connectivity index (χ0v) is 14.0. The zero-order chi connectivity index (χ0) is 14.4. The number of carbonyl (C=O) groups is 1. The lowest BCUT2D eigenvalue weighted by molar-refractivity contribution is 0.0944. The van der Waals surface area contributed by atoms with Gasteiger partial charge in [0, 0.05) is 11.0 Å². The topological polar surface area (TPSA) is 29.1 Å². The van der Waals surface area contributed by atoms with Crippen LogP contribution in [0, 0.1) is 5.92 Å². The van der Waals surface area contributed by atoms with Gasteiger partial charge >= 0.3 is 0 Å². The van der Waals surface area contributed by atoms with Gasteiger partial charge in [0.15, 0.2) is 0 Å². The van der Waals surface area contributed by atoms with Crippen molar-refractivity contribution in [1.82, 2.24) is 5.32 Å². The predicted molar refractivity (Wildman–Crippen MR) is 101 cm³/mol. The van der Waals surface area contributed by atoms with Gasteiger partial charge in [-0.1, -0.05) is 74.5 Å². The summed E-state index contributed by atoms with van der Waals surface area (Å²) in [4.78, 5) is 12.2. The van der Waals surface area contributed by atoms with E-state index in [0.717, 1.165) is 11.0 Å². The summed E-state index contributed by atoms with van der Waals surface area (Å²) in [6.07, 6.45) is 9.08. The number of halogens is 2. The van der Waals surface area contributed by atoms with Crippen molar-refractivity contribution in [2.24, 2.45) is 5.92 Å². The van der Waals surface area contributed by atoms with E-state index in [1.165, 1.54) is 44.9 Å². The molecular formula is C18H29BrClNO. The van der Waals surface area contributed by atoms with Crippen LogP contribution < -0.4 is 5.32 Å². The Kier molecular flexibility index (Phi) is 10.8. The fourth-order valence-corrected chi connectivity index (χ4v) is 3.31. The van der Waals surface area contributed by atoms with E-state index in [9.17, 15) is 4.79 Å². The maximum atomic E-state index is 12.2. The van der Waals surface area contributed by atoms with Gasteiger partial charge in [0.1, 0.15) is 0 Å². The molecule has 0 unspecified atom stereocenters. The molecule has 2 rings (SSSR count). The molecule has 1 saturated carbocycles. The van der Waals surface area contributed by atoms with Crippen molar-refractivity contribution in [2.75, 3.05) is 6.54 Å². The van der Waals surface area contributed by atoms with Crippen LogP contribution in [0.1, 0.15) is 70.2 Å². The second kappa shape index (κ2) is 11.1. The zero-order valence-electron chi connectivity index (χ0n) is 11.6. The van der Waals surface area contributed by atoms with Gasteiger partial charge in [0.2, 0.25) is 0 Å². The maximum absolute atomic E-state index is 12.2. The highest BCUT2D eigenvalue weighted by Gasteiger charge is 2.15. The van der Waals surface area contributed by atoms with Crippen LogP contribution in [0.2, 0.25) is 5.02 Å². The number of carbonyl (C=O) groups excluding carboxylic acids is 1. The Balaban J connectivity index is 0.00000220. The Hall–Kier alpha value is -0.540. The van der Waals surface area contributed by atoms with Gasteiger partial charge in [0.05, 0.1) is 10.6 Å².